The number of nitrogens with zero attached hydrogens (tertiary/aromatic N) is 3. The van der Waals surface area contributed by atoms with Crippen molar-refractivity contribution in [1.29, 1.82) is 0 Å². The number of furan rings is 1. The Morgan fingerprint density at radius 2 is 1.68 bits per heavy atom. The van der Waals surface area contributed by atoms with Gasteiger partial charge in [0.25, 0.3) is 0 Å². The zero-order valence-electron chi connectivity index (χ0n) is 12.2. The van der Waals surface area contributed by atoms with Gasteiger partial charge >= 0.3 is 0 Å². The largest absolute Gasteiger partial charge is 0.465 e. The van der Waals surface area contributed by atoms with Crippen LogP contribution in [0.1, 0.15) is 28.6 Å². The minimum absolute atomic E-state index is 0.100. The summed E-state index contributed by atoms with van der Waals surface area (Å²) in [5.41, 5.74) is 11.5. The van der Waals surface area contributed by atoms with Gasteiger partial charge in [0, 0.05) is 10.6 Å². The highest BCUT2D eigenvalue weighted by Gasteiger charge is 2.21. The van der Waals surface area contributed by atoms with Gasteiger partial charge in [-0.25, -0.2) is 0 Å². The van der Waals surface area contributed by atoms with Crippen LogP contribution in [0.25, 0.3) is 10.4 Å². The minimum atomic E-state index is -0.100. The molecule has 0 fully saturated rings. The van der Waals surface area contributed by atoms with E-state index in [1.165, 1.54) is 0 Å². The molecular formula is C18H15N3O. The summed E-state index contributed by atoms with van der Waals surface area (Å²) in [6.45, 7) is 1.92. The van der Waals surface area contributed by atoms with Crippen molar-refractivity contribution in [3.8, 4) is 0 Å². The second-order valence-corrected chi connectivity index (χ2v) is 5.04. The number of benzene rings is 2. The van der Waals surface area contributed by atoms with Gasteiger partial charge in [-0.15, -0.1) is 0 Å². The predicted octanol–water partition coefficient (Wildman–Crippen LogP) is 5.71. The molecule has 0 aliphatic rings. The van der Waals surface area contributed by atoms with Gasteiger partial charge in [0.2, 0.25) is 0 Å². The lowest BCUT2D eigenvalue weighted by molar-refractivity contribution is 0.478. The van der Waals surface area contributed by atoms with E-state index in [1.807, 2.05) is 61.5 Å². The molecule has 0 saturated heterocycles. The fourth-order valence-corrected chi connectivity index (χ4v) is 2.62. The number of azide groups is 1. The third-order valence-electron chi connectivity index (χ3n) is 3.58. The summed E-state index contributed by atoms with van der Waals surface area (Å²) < 4.78 is 5.85. The zero-order chi connectivity index (χ0) is 15.4. The Bertz CT molecular complexity index is 817. The van der Waals surface area contributed by atoms with Crippen LogP contribution in [0.15, 0.2) is 76.3 Å². The van der Waals surface area contributed by atoms with Crippen molar-refractivity contribution >= 4 is 5.69 Å². The topological polar surface area (TPSA) is 61.9 Å². The Hall–Kier alpha value is -2.97. The quantitative estimate of drug-likeness (QED) is 0.344. The fourth-order valence-electron chi connectivity index (χ4n) is 2.62. The molecule has 22 heavy (non-hydrogen) atoms. The third-order valence-corrected chi connectivity index (χ3v) is 3.58. The summed E-state index contributed by atoms with van der Waals surface area (Å²) in [7, 11) is 0. The molecular weight excluding hydrogens is 274 g/mol. The highest BCUT2D eigenvalue weighted by atomic mass is 16.3. The molecule has 0 amide bonds. The maximum Gasteiger partial charge on any atom is 0.116 e. The minimum Gasteiger partial charge on any atom is -0.465 e. The van der Waals surface area contributed by atoms with Crippen LogP contribution >= 0.6 is 0 Å². The van der Waals surface area contributed by atoms with Crippen LogP contribution in [0.2, 0.25) is 0 Å². The summed E-state index contributed by atoms with van der Waals surface area (Å²) in [5, 5.41) is 3.82. The Balaban J connectivity index is 2.20. The fraction of sp³-hybridized carbons (Fsp3) is 0.111. The second kappa shape index (κ2) is 6.20. The lowest BCUT2D eigenvalue weighted by Crippen LogP contribution is -2.02. The summed E-state index contributed by atoms with van der Waals surface area (Å²) >= 11 is 0. The molecule has 4 nitrogen and oxygen atoms in total. The SMILES string of the molecule is Cc1ccc(C(c2ccccc2)c2ccccc2N=[N+]=[N-])o1. The van der Waals surface area contributed by atoms with E-state index in [-0.39, 0.29) is 5.92 Å². The highest BCUT2D eigenvalue weighted by molar-refractivity contribution is 5.54. The molecule has 0 aliphatic carbocycles. The predicted molar refractivity (Wildman–Crippen MR) is 86.1 cm³/mol. The van der Waals surface area contributed by atoms with Gasteiger partial charge < -0.3 is 4.42 Å². The van der Waals surface area contributed by atoms with Gasteiger partial charge in [-0.3, -0.25) is 0 Å². The van der Waals surface area contributed by atoms with E-state index in [9.17, 15) is 0 Å². The van der Waals surface area contributed by atoms with Gasteiger partial charge in [0.05, 0.1) is 5.92 Å². The van der Waals surface area contributed by atoms with Crippen LogP contribution in [0.5, 0.6) is 0 Å². The first-order valence-electron chi connectivity index (χ1n) is 7.05. The number of aryl methyl sites for hydroxylation is 1. The van der Waals surface area contributed by atoms with Gasteiger partial charge in [-0.2, -0.15) is 0 Å². The van der Waals surface area contributed by atoms with Gasteiger partial charge in [-0.05, 0) is 35.7 Å². The van der Waals surface area contributed by atoms with Crippen molar-refractivity contribution < 1.29 is 4.42 Å². The van der Waals surface area contributed by atoms with E-state index in [0.717, 1.165) is 22.6 Å². The van der Waals surface area contributed by atoms with Crippen molar-refractivity contribution in [3.05, 3.63) is 99.8 Å². The second-order valence-electron chi connectivity index (χ2n) is 5.04. The molecule has 4 heteroatoms. The number of hydrogen-bond donors (Lipinski definition) is 0. The summed E-state index contributed by atoms with van der Waals surface area (Å²) in [4.78, 5) is 2.94. The van der Waals surface area contributed by atoms with E-state index in [0.29, 0.717) is 5.69 Å². The highest BCUT2D eigenvalue weighted by Crippen LogP contribution is 2.37. The molecule has 1 aromatic heterocycles. The molecule has 0 aliphatic heterocycles. The molecule has 1 heterocycles. The van der Waals surface area contributed by atoms with Crippen molar-refractivity contribution in [2.45, 2.75) is 12.8 Å². The standard InChI is InChI=1S/C18H15N3O/c1-13-11-12-17(22-13)18(14-7-3-2-4-8-14)15-9-5-6-10-16(15)20-21-19/h2-12,18H,1H3. The first-order chi connectivity index (χ1) is 10.8. The summed E-state index contributed by atoms with van der Waals surface area (Å²) in [6.07, 6.45) is 0. The molecule has 108 valence electrons. The van der Waals surface area contributed by atoms with E-state index in [2.05, 4.69) is 22.2 Å². The van der Waals surface area contributed by atoms with Crippen molar-refractivity contribution in [2.75, 3.05) is 0 Å². The Morgan fingerprint density at radius 1 is 0.955 bits per heavy atom. The lowest BCUT2D eigenvalue weighted by Gasteiger charge is -2.17. The molecule has 0 radical (unpaired) electrons. The van der Waals surface area contributed by atoms with Gasteiger partial charge in [0.15, 0.2) is 0 Å². The Labute approximate surface area is 128 Å². The maximum atomic E-state index is 8.81. The van der Waals surface area contributed by atoms with Gasteiger partial charge in [0.1, 0.15) is 11.5 Å². The first kappa shape index (κ1) is 14.0. The lowest BCUT2D eigenvalue weighted by atomic mass is 9.88. The molecule has 3 rings (SSSR count). The molecule has 0 spiro atoms. The molecule has 1 unspecified atom stereocenters. The van der Waals surface area contributed by atoms with Crippen LogP contribution < -0.4 is 0 Å². The normalized spacial score (nSPS) is 11.7. The monoisotopic (exact) mass is 289 g/mol. The average Bonchev–Trinajstić information content (AvgIpc) is 2.97. The summed E-state index contributed by atoms with van der Waals surface area (Å²) in [5.74, 6) is 1.60. The molecule has 0 bridgehead atoms. The number of hydrogen-bond acceptors (Lipinski definition) is 2. The van der Waals surface area contributed by atoms with Crippen LogP contribution in [0.4, 0.5) is 5.69 Å². The maximum absolute atomic E-state index is 8.81. The van der Waals surface area contributed by atoms with E-state index in [4.69, 9.17) is 9.95 Å². The van der Waals surface area contributed by atoms with E-state index < -0.39 is 0 Å². The average molecular weight is 289 g/mol. The molecule has 1 atom stereocenters. The Kier molecular flexibility index (Phi) is 3.95. The molecule has 2 aromatic carbocycles. The van der Waals surface area contributed by atoms with E-state index >= 15 is 0 Å². The first-order valence-corrected chi connectivity index (χ1v) is 7.05. The molecule has 0 N–H and O–H groups in total. The van der Waals surface area contributed by atoms with Crippen LogP contribution in [-0.2, 0) is 0 Å². The van der Waals surface area contributed by atoms with Crippen LogP contribution in [-0.4, -0.2) is 0 Å². The number of rotatable bonds is 4. The summed E-state index contributed by atoms with van der Waals surface area (Å²) in [6, 6.07) is 21.6. The van der Waals surface area contributed by atoms with Crippen molar-refractivity contribution in [3.63, 3.8) is 0 Å². The zero-order valence-corrected chi connectivity index (χ0v) is 12.2. The van der Waals surface area contributed by atoms with Crippen LogP contribution in [0, 0.1) is 6.92 Å². The Morgan fingerprint density at radius 3 is 2.36 bits per heavy atom. The van der Waals surface area contributed by atoms with E-state index in [1.54, 1.807) is 0 Å². The smallest absolute Gasteiger partial charge is 0.116 e. The van der Waals surface area contributed by atoms with Crippen molar-refractivity contribution in [1.82, 2.24) is 0 Å². The van der Waals surface area contributed by atoms with Gasteiger partial charge in [-0.1, -0.05) is 59.7 Å². The molecule has 0 saturated carbocycles. The van der Waals surface area contributed by atoms with Crippen molar-refractivity contribution in [2.24, 2.45) is 5.11 Å². The van der Waals surface area contributed by atoms with Crippen LogP contribution in [0.3, 0.4) is 0 Å². The molecule has 3 aromatic rings. The third kappa shape index (κ3) is 2.73.